The fourth-order valence-corrected chi connectivity index (χ4v) is 1.36. The predicted molar refractivity (Wildman–Crippen MR) is 64.1 cm³/mol. The van der Waals surface area contributed by atoms with Gasteiger partial charge in [-0.2, -0.15) is 18.4 Å². The van der Waals surface area contributed by atoms with Gasteiger partial charge < -0.3 is 10.0 Å². The molecule has 20 heavy (non-hydrogen) atoms. The van der Waals surface area contributed by atoms with Crippen molar-refractivity contribution >= 4 is 11.8 Å². The van der Waals surface area contributed by atoms with Crippen molar-refractivity contribution < 1.29 is 23.1 Å². The van der Waals surface area contributed by atoms with Gasteiger partial charge in [-0.1, -0.05) is 0 Å². The van der Waals surface area contributed by atoms with E-state index in [2.05, 4.69) is 4.98 Å². The highest BCUT2D eigenvalue weighted by Crippen LogP contribution is 2.31. The molecule has 0 saturated heterocycles. The van der Waals surface area contributed by atoms with Crippen molar-refractivity contribution in [1.82, 2.24) is 4.98 Å². The van der Waals surface area contributed by atoms with Crippen molar-refractivity contribution in [1.29, 1.82) is 5.26 Å². The van der Waals surface area contributed by atoms with E-state index in [-0.39, 0.29) is 11.4 Å². The van der Waals surface area contributed by atoms with Gasteiger partial charge in [0, 0.05) is 7.05 Å². The molecule has 1 N–H and O–H groups in total. The van der Waals surface area contributed by atoms with Gasteiger partial charge in [-0.15, -0.1) is 0 Å². The van der Waals surface area contributed by atoms with Crippen LogP contribution < -0.4 is 4.90 Å². The summed E-state index contributed by atoms with van der Waals surface area (Å²) in [6, 6.07) is 3.36. The molecular formula is C12H12F3N3O2. The molecule has 0 saturated carbocycles. The maximum absolute atomic E-state index is 12.6. The first-order valence-corrected chi connectivity index (χ1v) is 5.47. The van der Waals surface area contributed by atoms with Crippen molar-refractivity contribution in [2.24, 2.45) is 0 Å². The number of alkyl halides is 3. The number of aliphatic carboxylic acids is 1. The van der Waals surface area contributed by atoms with Crippen LogP contribution in [0, 0.1) is 11.3 Å². The van der Waals surface area contributed by atoms with Gasteiger partial charge in [0.1, 0.15) is 23.1 Å². The van der Waals surface area contributed by atoms with E-state index in [0.717, 1.165) is 11.0 Å². The maximum Gasteiger partial charge on any atom is 0.433 e. The van der Waals surface area contributed by atoms with Crippen molar-refractivity contribution in [3.05, 3.63) is 23.4 Å². The second-order valence-corrected chi connectivity index (χ2v) is 4.60. The zero-order chi connectivity index (χ0) is 15.7. The van der Waals surface area contributed by atoms with Crippen molar-refractivity contribution in [3.63, 3.8) is 0 Å². The molecule has 0 aromatic carbocycles. The highest BCUT2D eigenvalue weighted by Gasteiger charge is 2.37. The molecule has 5 nitrogen and oxygen atoms in total. The lowest BCUT2D eigenvalue weighted by Gasteiger charge is -2.33. The minimum Gasteiger partial charge on any atom is -0.480 e. The van der Waals surface area contributed by atoms with Gasteiger partial charge in [-0.25, -0.2) is 9.78 Å². The summed E-state index contributed by atoms with van der Waals surface area (Å²) in [6.45, 7) is 2.61. The summed E-state index contributed by atoms with van der Waals surface area (Å²) in [5.74, 6) is -1.57. The van der Waals surface area contributed by atoms with E-state index in [0.29, 0.717) is 6.07 Å². The third kappa shape index (κ3) is 2.82. The van der Waals surface area contributed by atoms with Gasteiger partial charge in [0.2, 0.25) is 0 Å². The highest BCUT2D eigenvalue weighted by molar-refractivity contribution is 5.82. The lowest BCUT2D eigenvalue weighted by Crippen LogP contribution is -2.49. The number of hydrogen-bond acceptors (Lipinski definition) is 4. The van der Waals surface area contributed by atoms with Gasteiger partial charge >= 0.3 is 12.1 Å². The number of anilines is 1. The number of carboxylic acid groups (broad SMARTS) is 1. The number of nitriles is 1. The van der Waals surface area contributed by atoms with E-state index >= 15 is 0 Å². The SMILES string of the molecule is CN(c1nc(C(F)(F)F)ccc1C#N)C(C)(C)C(=O)O. The molecule has 0 amide bonds. The third-order valence-corrected chi connectivity index (χ3v) is 2.97. The first-order valence-electron chi connectivity index (χ1n) is 5.47. The molecule has 0 radical (unpaired) electrons. The standard InChI is InChI=1S/C12H12F3N3O2/c1-11(2,10(19)20)18(3)9-7(6-16)4-5-8(17-9)12(13,14)15/h4-5H,1-3H3,(H,19,20). The molecule has 0 aliphatic rings. The number of rotatable bonds is 3. The molecule has 108 valence electrons. The monoisotopic (exact) mass is 287 g/mol. The molecular weight excluding hydrogens is 275 g/mol. The molecule has 0 fully saturated rings. The van der Waals surface area contributed by atoms with Crippen LogP contribution in [0.3, 0.4) is 0 Å². The Morgan fingerprint density at radius 2 is 1.95 bits per heavy atom. The Balaban J connectivity index is 3.43. The number of halogens is 3. The predicted octanol–water partition coefficient (Wildman–Crippen LogP) is 2.27. The number of likely N-dealkylation sites (N-methyl/N-ethyl adjacent to an activating group) is 1. The minimum atomic E-state index is -4.67. The lowest BCUT2D eigenvalue weighted by atomic mass is 10.0. The van der Waals surface area contributed by atoms with Crippen LogP contribution in [0.25, 0.3) is 0 Å². The first-order chi connectivity index (χ1) is 9.01. The Hall–Kier alpha value is -2.30. The van der Waals surface area contributed by atoms with E-state index in [1.807, 2.05) is 0 Å². The molecule has 0 aliphatic heterocycles. The molecule has 8 heteroatoms. The molecule has 0 bridgehead atoms. The van der Waals surface area contributed by atoms with Crippen LogP contribution >= 0.6 is 0 Å². The van der Waals surface area contributed by atoms with Crippen LogP contribution in [-0.2, 0) is 11.0 Å². The molecule has 1 heterocycles. The van der Waals surface area contributed by atoms with Crippen LogP contribution in [-0.4, -0.2) is 28.6 Å². The Morgan fingerprint density at radius 1 is 1.40 bits per heavy atom. The average molecular weight is 287 g/mol. The summed E-state index contributed by atoms with van der Waals surface area (Å²) in [6.07, 6.45) is -4.67. The van der Waals surface area contributed by atoms with E-state index < -0.39 is 23.4 Å². The van der Waals surface area contributed by atoms with Gasteiger partial charge in [0.25, 0.3) is 0 Å². The number of nitrogens with zero attached hydrogens (tertiary/aromatic N) is 3. The molecule has 0 spiro atoms. The summed E-state index contributed by atoms with van der Waals surface area (Å²) in [5.41, 5.74) is -2.82. The second-order valence-electron chi connectivity index (χ2n) is 4.60. The first kappa shape index (κ1) is 15.8. The number of aromatic nitrogens is 1. The maximum atomic E-state index is 12.6. The molecule has 0 atom stereocenters. The van der Waals surface area contributed by atoms with Crippen LogP contribution in [0.4, 0.5) is 19.0 Å². The van der Waals surface area contributed by atoms with Crippen molar-refractivity contribution in [2.45, 2.75) is 25.6 Å². The van der Waals surface area contributed by atoms with E-state index in [4.69, 9.17) is 10.4 Å². The smallest absolute Gasteiger partial charge is 0.433 e. The highest BCUT2D eigenvalue weighted by atomic mass is 19.4. The molecule has 0 unspecified atom stereocenters. The van der Waals surface area contributed by atoms with Crippen LogP contribution in [0.2, 0.25) is 0 Å². The molecule has 1 rings (SSSR count). The van der Waals surface area contributed by atoms with E-state index in [1.54, 1.807) is 6.07 Å². The quantitative estimate of drug-likeness (QED) is 0.922. The van der Waals surface area contributed by atoms with Gasteiger partial charge in [-0.05, 0) is 26.0 Å². The van der Waals surface area contributed by atoms with Crippen LogP contribution in [0.15, 0.2) is 12.1 Å². The Kier molecular flexibility index (Phi) is 3.94. The molecule has 1 aromatic heterocycles. The Labute approximate surface area is 113 Å². The normalized spacial score (nSPS) is 11.8. The van der Waals surface area contributed by atoms with E-state index in [1.165, 1.54) is 20.9 Å². The van der Waals surface area contributed by atoms with Gasteiger partial charge in [0.15, 0.2) is 0 Å². The number of carboxylic acids is 1. The topological polar surface area (TPSA) is 77.2 Å². The summed E-state index contributed by atoms with van der Waals surface area (Å²) in [4.78, 5) is 15.6. The van der Waals surface area contributed by atoms with Crippen LogP contribution in [0.1, 0.15) is 25.1 Å². The zero-order valence-corrected chi connectivity index (χ0v) is 11.0. The minimum absolute atomic E-state index is 0.130. The summed E-state index contributed by atoms with van der Waals surface area (Å²) < 4.78 is 37.9. The average Bonchev–Trinajstić information content (AvgIpc) is 2.35. The summed E-state index contributed by atoms with van der Waals surface area (Å²) in [5, 5.41) is 18.0. The zero-order valence-electron chi connectivity index (χ0n) is 11.0. The number of pyridine rings is 1. The van der Waals surface area contributed by atoms with Crippen molar-refractivity contribution in [2.75, 3.05) is 11.9 Å². The van der Waals surface area contributed by atoms with Crippen LogP contribution in [0.5, 0.6) is 0 Å². The fourth-order valence-electron chi connectivity index (χ4n) is 1.36. The summed E-state index contributed by atoms with van der Waals surface area (Å²) >= 11 is 0. The molecule has 0 aliphatic carbocycles. The number of carbonyl (C=O) groups is 1. The third-order valence-electron chi connectivity index (χ3n) is 2.97. The Bertz CT molecular complexity index is 576. The Morgan fingerprint density at radius 3 is 2.35 bits per heavy atom. The largest absolute Gasteiger partial charge is 0.480 e. The summed E-state index contributed by atoms with van der Waals surface area (Å²) in [7, 11) is 1.28. The van der Waals surface area contributed by atoms with E-state index in [9.17, 15) is 18.0 Å². The second kappa shape index (κ2) is 5.00. The van der Waals surface area contributed by atoms with Crippen molar-refractivity contribution in [3.8, 4) is 6.07 Å². The number of hydrogen-bond donors (Lipinski definition) is 1. The molecule has 1 aromatic rings. The van der Waals surface area contributed by atoms with Gasteiger partial charge in [0.05, 0.1) is 5.56 Å². The fraction of sp³-hybridized carbons (Fsp3) is 0.417. The van der Waals surface area contributed by atoms with Gasteiger partial charge in [-0.3, -0.25) is 0 Å². The lowest BCUT2D eigenvalue weighted by molar-refractivity contribution is -0.142.